The summed E-state index contributed by atoms with van der Waals surface area (Å²) in [5, 5.41) is 2.63. The molecule has 28 heavy (non-hydrogen) atoms. The van der Waals surface area contributed by atoms with Crippen molar-refractivity contribution in [3.05, 3.63) is 29.8 Å². The first-order chi connectivity index (χ1) is 13.2. The van der Waals surface area contributed by atoms with Crippen LogP contribution in [0.3, 0.4) is 0 Å². The number of ketones is 1. The molecule has 0 spiro atoms. The van der Waals surface area contributed by atoms with Gasteiger partial charge in [-0.3, -0.25) is 14.5 Å². The number of fused-ring (bicyclic) bond motifs is 1. The van der Waals surface area contributed by atoms with Crippen molar-refractivity contribution in [2.75, 3.05) is 18.4 Å². The zero-order chi connectivity index (χ0) is 20.1. The maximum atomic E-state index is 13.4. The molecule has 1 N–H and O–H groups in total. The van der Waals surface area contributed by atoms with Gasteiger partial charge in [-0.15, -0.1) is 0 Å². The van der Waals surface area contributed by atoms with Crippen LogP contribution in [-0.4, -0.2) is 35.7 Å². The summed E-state index contributed by atoms with van der Waals surface area (Å²) in [5.41, 5.74) is 0.196. The van der Waals surface area contributed by atoms with E-state index >= 15 is 0 Å². The summed E-state index contributed by atoms with van der Waals surface area (Å²) >= 11 is 0. The molecule has 4 atom stereocenters. The second-order valence-electron chi connectivity index (χ2n) is 8.87. The fourth-order valence-electron chi connectivity index (χ4n) is 4.74. The molecule has 1 aliphatic heterocycles. The third kappa shape index (κ3) is 4.12. The number of hydrogen-bond acceptors (Lipinski definition) is 3. The van der Waals surface area contributed by atoms with E-state index in [1.807, 2.05) is 0 Å². The van der Waals surface area contributed by atoms with Gasteiger partial charge >= 0.3 is 0 Å². The molecule has 2 aliphatic carbocycles. The highest BCUT2D eigenvalue weighted by Crippen LogP contribution is 2.54. The highest BCUT2D eigenvalue weighted by molar-refractivity contribution is 5.94. The molecule has 1 aromatic rings. The molecule has 0 radical (unpaired) electrons. The van der Waals surface area contributed by atoms with Crippen LogP contribution >= 0.6 is 0 Å². The minimum absolute atomic E-state index is 0.101. The van der Waals surface area contributed by atoms with Crippen molar-refractivity contribution in [2.45, 2.75) is 51.5 Å². The predicted octanol–water partition coefficient (Wildman–Crippen LogP) is 4.06. The predicted molar refractivity (Wildman–Crippen MR) is 103 cm³/mol. The van der Waals surface area contributed by atoms with Gasteiger partial charge in [0.2, 0.25) is 5.91 Å². The zero-order valence-corrected chi connectivity index (χ0v) is 16.5. The summed E-state index contributed by atoms with van der Waals surface area (Å²) in [4.78, 5) is 27.1. The van der Waals surface area contributed by atoms with Gasteiger partial charge in [-0.1, -0.05) is 12.1 Å². The van der Waals surface area contributed by atoms with Crippen LogP contribution in [-0.2, 0) is 15.5 Å². The van der Waals surface area contributed by atoms with Gasteiger partial charge in [0, 0.05) is 56.1 Å². The summed E-state index contributed by atoms with van der Waals surface area (Å²) in [6, 6.07) is 6.32. The SMILES string of the molecule is CC(C1CC1)N1C[C@@H]2C(C(=O)CCC(=O)Nc3cccc(C(C)(F)F)c3)[C@@H]2C1. The van der Waals surface area contributed by atoms with Crippen molar-refractivity contribution in [1.29, 1.82) is 0 Å². The van der Waals surface area contributed by atoms with Gasteiger partial charge in [0.1, 0.15) is 5.78 Å². The number of benzene rings is 1. The molecule has 4 rings (SSSR count). The first kappa shape index (κ1) is 19.5. The number of carbonyl (C=O) groups excluding carboxylic acids is 2. The molecule has 152 valence electrons. The van der Waals surface area contributed by atoms with Crippen LogP contribution in [0, 0.1) is 23.7 Å². The number of carbonyl (C=O) groups is 2. The van der Waals surface area contributed by atoms with E-state index in [1.54, 1.807) is 6.07 Å². The fraction of sp³-hybridized carbons (Fsp3) is 0.636. The van der Waals surface area contributed by atoms with Crippen LogP contribution in [0.2, 0.25) is 0 Å². The number of alkyl halides is 2. The van der Waals surface area contributed by atoms with E-state index in [0.717, 1.165) is 25.9 Å². The lowest BCUT2D eigenvalue weighted by Crippen LogP contribution is -2.35. The summed E-state index contributed by atoms with van der Waals surface area (Å²) in [6.07, 6.45) is 3.00. The maximum absolute atomic E-state index is 13.4. The Labute approximate surface area is 164 Å². The van der Waals surface area contributed by atoms with Gasteiger partial charge in [-0.2, -0.15) is 0 Å². The second kappa shape index (κ2) is 7.21. The van der Waals surface area contributed by atoms with Crippen molar-refractivity contribution < 1.29 is 18.4 Å². The lowest BCUT2D eigenvalue weighted by Gasteiger charge is -2.26. The van der Waals surface area contributed by atoms with E-state index < -0.39 is 5.92 Å². The monoisotopic (exact) mass is 390 g/mol. The number of nitrogens with one attached hydrogen (secondary N) is 1. The quantitative estimate of drug-likeness (QED) is 0.728. The number of hydrogen-bond donors (Lipinski definition) is 1. The van der Waals surface area contributed by atoms with E-state index in [0.29, 0.717) is 23.6 Å². The zero-order valence-electron chi connectivity index (χ0n) is 16.5. The van der Waals surface area contributed by atoms with Gasteiger partial charge in [0.05, 0.1) is 0 Å². The molecule has 2 unspecified atom stereocenters. The highest BCUT2D eigenvalue weighted by atomic mass is 19.3. The van der Waals surface area contributed by atoms with Crippen LogP contribution in [0.4, 0.5) is 14.5 Å². The number of halogens is 2. The van der Waals surface area contributed by atoms with Crippen molar-refractivity contribution in [3.8, 4) is 0 Å². The number of nitrogens with zero attached hydrogens (tertiary/aromatic N) is 1. The van der Waals surface area contributed by atoms with Crippen molar-refractivity contribution in [3.63, 3.8) is 0 Å². The molecule has 2 saturated carbocycles. The van der Waals surface area contributed by atoms with Crippen LogP contribution < -0.4 is 5.32 Å². The van der Waals surface area contributed by atoms with E-state index in [2.05, 4.69) is 17.1 Å². The Hall–Kier alpha value is -1.82. The van der Waals surface area contributed by atoms with Gasteiger partial charge in [0.25, 0.3) is 5.92 Å². The minimum atomic E-state index is -2.95. The highest BCUT2D eigenvalue weighted by Gasteiger charge is 2.59. The molecule has 4 nitrogen and oxygen atoms in total. The average Bonchev–Trinajstić information content (AvgIpc) is 3.56. The normalized spacial score (nSPS) is 27.9. The molecule has 0 aromatic heterocycles. The molecule has 3 fully saturated rings. The Balaban J connectivity index is 1.21. The summed E-state index contributed by atoms with van der Waals surface area (Å²) in [7, 11) is 0. The lowest BCUT2D eigenvalue weighted by molar-refractivity contribution is -0.124. The van der Waals surface area contributed by atoms with E-state index in [-0.39, 0.29) is 36.0 Å². The van der Waals surface area contributed by atoms with Crippen molar-refractivity contribution >= 4 is 17.4 Å². The summed E-state index contributed by atoms with van der Waals surface area (Å²) in [5.74, 6) is -1.16. The van der Waals surface area contributed by atoms with Gasteiger partial charge < -0.3 is 5.32 Å². The Morgan fingerprint density at radius 3 is 2.50 bits per heavy atom. The third-order valence-electron chi connectivity index (χ3n) is 6.73. The largest absolute Gasteiger partial charge is 0.326 e. The number of anilines is 1. The molecule has 1 saturated heterocycles. The fourth-order valence-corrected chi connectivity index (χ4v) is 4.74. The molecule has 1 heterocycles. The first-order valence-electron chi connectivity index (χ1n) is 10.3. The van der Waals surface area contributed by atoms with Crippen LogP contribution in [0.15, 0.2) is 24.3 Å². The molecule has 1 aromatic carbocycles. The summed E-state index contributed by atoms with van der Waals surface area (Å²) < 4.78 is 26.8. The van der Waals surface area contributed by atoms with E-state index in [4.69, 9.17) is 0 Å². The van der Waals surface area contributed by atoms with Gasteiger partial charge in [-0.05, 0) is 49.7 Å². The third-order valence-corrected chi connectivity index (χ3v) is 6.73. The topological polar surface area (TPSA) is 49.4 Å². The molecular formula is C22H28F2N2O2. The lowest BCUT2D eigenvalue weighted by atomic mass is 10.1. The minimum Gasteiger partial charge on any atom is -0.326 e. The first-order valence-corrected chi connectivity index (χ1v) is 10.3. The Bertz CT molecular complexity index is 760. The Morgan fingerprint density at radius 2 is 1.89 bits per heavy atom. The summed E-state index contributed by atoms with van der Waals surface area (Å²) in [6.45, 7) is 5.16. The number of likely N-dealkylation sites (tertiary alicyclic amines) is 1. The number of amides is 1. The van der Waals surface area contributed by atoms with Crippen LogP contribution in [0.5, 0.6) is 0 Å². The van der Waals surface area contributed by atoms with Crippen LogP contribution in [0.25, 0.3) is 0 Å². The molecule has 1 amide bonds. The van der Waals surface area contributed by atoms with E-state index in [1.165, 1.54) is 31.0 Å². The van der Waals surface area contributed by atoms with Crippen molar-refractivity contribution in [1.82, 2.24) is 4.90 Å². The van der Waals surface area contributed by atoms with Crippen molar-refractivity contribution in [2.24, 2.45) is 23.7 Å². The standard InChI is InChI=1S/C22H28F2N2O2/c1-13(14-6-7-14)26-11-17-18(12-26)21(17)19(27)8-9-20(28)25-16-5-3-4-15(10-16)22(2,23)24/h3-5,10,13-14,17-18,21H,6-9,11-12H2,1-2H3,(H,25,28)/t13?,17-,18+,21?. The smallest absolute Gasteiger partial charge is 0.270 e. The van der Waals surface area contributed by atoms with Gasteiger partial charge in [-0.25, -0.2) is 8.78 Å². The Kier molecular flexibility index (Phi) is 5.02. The molecule has 6 heteroatoms. The van der Waals surface area contributed by atoms with Gasteiger partial charge in [0.15, 0.2) is 0 Å². The number of rotatable bonds is 8. The number of Topliss-reactive ketones (excluding diaryl/α,β-unsaturated/α-hetero) is 1. The van der Waals surface area contributed by atoms with E-state index in [9.17, 15) is 18.4 Å². The number of piperidine rings is 1. The maximum Gasteiger partial charge on any atom is 0.270 e. The average molecular weight is 390 g/mol. The molecule has 0 bridgehead atoms. The molecule has 3 aliphatic rings. The molecular weight excluding hydrogens is 362 g/mol. The van der Waals surface area contributed by atoms with Crippen LogP contribution in [0.1, 0.15) is 45.1 Å². The Morgan fingerprint density at radius 1 is 1.21 bits per heavy atom. The second-order valence-corrected chi connectivity index (χ2v) is 8.87.